The van der Waals surface area contributed by atoms with Crippen LogP contribution >= 0.6 is 0 Å². The van der Waals surface area contributed by atoms with Gasteiger partial charge in [0.1, 0.15) is 30.5 Å². The second-order valence-corrected chi connectivity index (χ2v) is 11.9. The van der Waals surface area contributed by atoms with E-state index in [1.54, 1.807) is 0 Å². The number of unbranched alkanes of at least 4 members (excludes halogenated alkanes) is 7. The molecule has 1 rings (SSSR count). The number of ether oxygens (including phenoxy) is 4. The number of allylic oxidation sites excluding steroid dienone is 10. The van der Waals surface area contributed by atoms with Crippen molar-refractivity contribution >= 4 is 5.97 Å². The van der Waals surface area contributed by atoms with Gasteiger partial charge < -0.3 is 39.4 Å². The third-order valence-corrected chi connectivity index (χ3v) is 7.70. The zero-order chi connectivity index (χ0) is 34.4. The summed E-state index contributed by atoms with van der Waals surface area (Å²) in [5.74, 6) is -0.376. The van der Waals surface area contributed by atoms with E-state index < -0.39 is 43.4 Å². The summed E-state index contributed by atoms with van der Waals surface area (Å²) < 4.78 is 22.5. The highest BCUT2D eigenvalue weighted by Crippen LogP contribution is 2.22. The van der Waals surface area contributed by atoms with E-state index in [-0.39, 0.29) is 25.6 Å². The Balaban J connectivity index is 2.39. The molecule has 0 bridgehead atoms. The molecule has 4 N–H and O–H groups in total. The van der Waals surface area contributed by atoms with Crippen LogP contribution in [0, 0.1) is 0 Å². The molecule has 1 aliphatic rings. The van der Waals surface area contributed by atoms with Crippen molar-refractivity contribution in [2.24, 2.45) is 0 Å². The highest BCUT2D eigenvalue weighted by Gasteiger charge is 2.44. The zero-order valence-corrected chi connectivity index (χ0v) is 29.0. The molecule has 0 amide bonds. The molecular formula is C38H64O9. The number of aliphatic hydroxyl groups is 4. The van der Waals surface area contributed by atoms with Crippen molar-refractivity contribution < 1.29 is 44.2 Å². The van der Waals surface area contributed by atoms with Crippen LogP contribution in [0.1, 0.15) is 110 Å². The molecule has 6 unspecified atom stereocenters. The van der Waals surface area contributed by atoms with E-state index in [4.69, 9.17) is 18.9 Å². The van der Waals surface area contributed by atoms with Crippen LogP contribution in [-0.2, 0) is 23.7 Å². The molecule has 1 aliphatic heterocycles. The SMILES string of the molecule is CC/C=C\C/C=C\C/C=C\C/C=C\C/C=C\CCCC(=O)OC(COCCCCCCCCC)COC1OC(CO)C(O)C(O)C1O. The number of hydrogen-bond donors (Lipinski definition) is 4. The predicted molar refractivity (Wildman–Crippen MR) is 187 cm³/mol. The van der Waals surface area contributed by atoms with Crippen LogP contribution < -0.4 is 0 Å². The van der Waals surface area contributed by atoms with Crippen LogP contribution in [-0.4, -0.2) is 89.6 Å². The van der Waals surface area contributed by atoms with E-state index in [1.807, 2.05) is 0 Å². The highest BCUT2D eigenvalue weighted by molar-refractivity contribution is 5.69. The number of carbonyl (C=O) groups excluding carboxylic acids is 1. The topological polar surface area (TPSA) is 135 Å². The lowest BCUT2D eigenvalue weighted by Crippen LogP contribution is -2.59. The van der Waals surface area contributed by atoms with Gasteiger partial charge in [-0.2, -0.15) is 0 Å². The molecular weight excluding hydrogens is 600 g/mol. The van der Waals surface area contributed by atoms with Crippen LogP contribution in [0.5, 0.6) is 0 Å². The first-order chi connectivity index (χ1) is 22.9. The van der Waals surface area contributed by atoms with Gasteiger partial charge in [0.05, 0.1) is 19.8 Å². The highest BCUT2D eigenvalue weighted by atomic mass is 16.7. The molecule has 47 heavy (non-hydrogen) atoms. The normalized spacial score (nSPS) is 22.9. The molecule has 0 radical (unpaired) electrons. The third-order valence-electron chi connectivity index (χ3n) is 7.70. The first-order valence-corrected chi connectivity index (χ1v) is 17.9. The Morgan fingerprint density at radius 2 is 1.28 bits per heavy atom. The molecule has 1 fully saturated rings. The van der Waals surface area contributed by atoms with Gasteiger partial charge in [0, 0.05) is 13.0 Å². The van der Waals surface area contributed by atoms with Gasteiger partial charge in [-0.1, -0.05) is 113 Å². The molecule has 0 aliphatic carbocycles. The summed E-state index contributed by atoms with van der Waals surface area (Å²) in [6.07, 6.45) is 28.4. The Morgan fingerprint density at radius 3 is 1.87 bits per heavy atom. The maximum Gasteiger partial charge on any atom is 0.306 e. The first-order valence-electron chi connectivity index (χ1n) is 17.9. The van der Waals surface area contributed by atoms with E-state index in [1.165, 1.54) is 32.1 Å². The minimum absolute atomic E-state index is 0.119. The van der Waals surface area contributed by atoms with Gasteiger partial charge in [-0.3, -0.25) is 4.79 Å². The molecule has 0 aromatic carbocycles. The Morgan fingerprint density at radius 1 is 0.702 bits per heavy atom. The quantitative estimate of drug-likeness (QED) is 0.0426. The summed E-state index contributed by atoms with van der Waals surface area (Å²) in [5.41, 5.74) is 0. The van der Waals surface area contributed by atoms with Crippen molar-refractivity contribution in [3.8, 4) is 0 Å². The van der Waals surface area contributed by atoms with Gasteiger partial charge in [-0.25, -0.2) is 0 Å². The standard InChI is InChI=1S/C38H64O9/c1-3-5-7-9-11-12-13-14-15-16-17-18-19-20-21-23-25-27-34(40)46-32(30-44-28-26-24-22-10-8-6-4-2)31-45-38-37(43)36(42)35(41)33(29-39)47-38/h5,7,11-12,14-15,17-18,20-21,32-33,35-39,41-43H,3-4,6,8-10,13,16,19,22-31H2,1-2H3/b7-5-,12-11-,15-14-,18-17-,21-20-. The molecule has 0 aromatic rings. The van der Waals surface area contributed by atoms with Crippen LogP contribution in [0.15, 0.2) is 60.8 Å². The minimum atomic E-state index is -1.54. The minimum Gasteiger partial charge on any atom is -0.457 e. The van der Waals surface area contributed by atoms with Crippen molar-refractivity contribution in [3.05, 3.63) is 60.8 Å². The summed E-state index contributed by atoms with van der Waals surface area (Å²) in [6.45, 7) is 4.30. The van der Waals surface area contributed by atoms with Crippen LogP contribution in [0.4, 0.5) is 0 Å². The first kappa shape index (κ1) is 42.9. The van der Waals surface area contributed by atoms with Crippen LogP contribution in [0.2, 0.25) is 0 Å². The largest absolute Gasteiger partial charge is 0.457 e. The van der Waals surface area contributed by atoms with E-state index in [0.29, 0.717) is 13.0 Å². The molecule has 270 valence electrons. The summed E-state index contributed by atoms with van der Waals surface area (Å²) in [7, 11) is 0. The lowest BCUT2D eigenvalue weighted by Gasteiger charge is -2.39. The third kappa shape index (κ3) is 22.2. The molecule has 1 heterocycles. The summed E-state index contributed by atoms with van der Waals surface area (Å²) >= 11 is 0. The lowest BCUT2D eigenvalue weighted by atomic mass is 9.99. The monoisotopic (exact) mass is 664 g/mol. The number of aliphatic hydroxyl groups excluding tert-OH is 4. The Hall–Kier alpha value is -2.11. The van der Waals surface area contributed by atoms with Crippen molar-refractivity contribution in [2.75, 3.05) is 26.4 Å². The second-order valence-electron chi connectivity index (χ2n) is 11.9. The van der Waals surface area contributed by atoms with E-state index in [9.17, 15) is 25.2 Å². The molecule has 0 spiro atoms. The maximum absolute atomic E-state index is 12.6. The number of rotatable bonds is 28. The van der Waals surface area contributed by atoms with Crippen LogP contribution in [0.3, 0.4) is 0 Å². The van der Waals surface area contributed by atoms with Gasteiger partial charge in [-0.05, 0) is 51.4 Å². The molecule has 1 saturated heterocycles. The average Bonchev–Trinajstić information content (AvgIpc) is 3.07. The fourth-order valence-electron chi connectivity index (χ4n) is 4.88. The Bertz CT molecular complexity index is 896. The van der Waals surface area contributed by atoms with E-state index >= 15 is 0 Å². The van der Waals surface area contributed by atoms with Crippen molar-refractivity contribution in [3.63, 3.8) is 0 Å². The molecule has 9 heteroatoms. The van der Waals surface area contributed by atoms with Crippen molar-refractivity contribution in [1.82, 2.24) is 0 Å². The molecule has 0 saturated carbocycles. The number of hydrogen-bond acceptors (Lipinski definition) is 9. The van der Waals surface area contributed by atoms with Crippen molar-refractivity contribution in [1.29, 1.82) is 0 Å². The van der Waals surface area contributed by atoms with E-state index in [2.05, 4.69) is 74.6 Å². The van der Waals surface area contributed by atoms with Crippen molar-refractivity contribution in [2.45, 2.75) is 147 Å². The Labute approximate surface area is 284 Å². The molecule has 9 nitrogen and oxygen atoms in total. The number of carbonyl (C=O) groups is 1. The summed E-state index contributed by atoms with van der Waals surface area (Å²) in [6, 6.07) is 0. The zero-order valence-electron chi connectivity index (χ0n) is 29.0. The van der Waals surface area contributed by atoms with Gasteiger partial charge in [0.2, 0.25) is 0 Å². The average molecular weight is 665 g/mol. The Kier molecular flexibility index (Phi) is 27.4. The van der Waals surface area contributed by atoms with Gasteiger partial charge in [0.25, 0.3) is 0 Å². The fraction of sp³-hybridized carbons (Fsp3) is 0.711. The smallest absolute Gasteiger partial charge is 0.306 e. The van der Waals surface area contributed by atoms with Gasteiger partial charge >= 0.3 is 5.97 Å². The summed E-state index contributed by atoms with van der Waals surface area (Å²) in [4.78, 5) is 12.6. The fourth-order valence-corrected chi connectivity index (χ4v) is 4.88. The molecule has 6 atom stereocenters. The maximum atomic E-state index is 12.6. The van der Waals surface area contributed by atoms with Crippen LogP contribution in [0.25, 0.3) is 0 Å². The number of esters is 1. The van der Waals surface area contributed by atoms with Gasteiger partial charge in [0.15, 0.2) is 6.29 Å². The van der Waals surface area contributed by atoms with E-state index in [0.717, 1.165) is 51.4 Å². The second kappa shape index (κ2) is 30.0. The summed E-state index contributed by atoms with van der Waals surface area (Å²) in [5, 5.41) is 39.8. The predicted octanol–water partition coefficient (Wildman–Crippen LogP) is 6.40. The molecule has 0 aromatic heterocycles. The lowest BCUT2D eigenvalue weighted by molar-refractivity contribution is -0.305. The van der Waals surface area contributed by atoms with Gasteiger partial charge in [-0.15, -0.1) is 0 Å².